The van der Waals surface area contributed by atoms with Crippen LogP contribution >= 0.6 is 32.1 Å². The summed E-state index contributed by atoms with van der Waals surface area (Å²) < 4.78 is 10.7. The van der Waals surface area contributed by atoms with Gasteiger partial charge < -0.3 is 19.9 Å². The molecule has 1 saturated heterocycles. The van der Waals surface area contributed by atoms with E-state index in [0.717, 1.165) is 13.1 Å². The molecule has 0 aromatic rings. The highest BCUT2D eigenvalue weighted by Crippen LogP contribution is 2.10. The van der Waals surface area contributed by atoms with Gasteiger partial charge in [0.1, 0.15) is 4.11 Å². The third kappa shape index (κ3) is 12.9. The lowest BCUT2D eigenvalue weighted by Gasteiger charge is -2.26. The smallest absolute Gasteiger partial charge is 0.121 e. The van der Waals surface area contributed by atoms with E-state index < -0.39 is 0 Å². The number of hydrogen-bond donors (Lipinski definition) is 2. The summed E-state index contributed by atoms with van der Waals surface area (Å²) in [6.45, 7) is 6.49. The summed E-state index contributed by atoms with van der Waals surface area (Å²) in [5, 5.41) is 6.00. The molecule has 3 atom stereocenters. The van der Waals surface area contributed by atoms with Gasteiger partial charge in [-0.1, -0.05) is 13.8 Å². The molecule has 0 bridgehead atoms. The van der Waals surface area contributed by atoms with Gasteiger partial charge in [0.15, 0.2) is 0 Å². The number of rotatable bonds is 2. The maximum atomic E-state index is 5.51. The number of nitrogens with one attached hydrogen (secondary N) is 2. The standard InChI is InChI=1S/C5H11INO2P.C2H7N.C2H6/c6-5-2-7-1-4(9-5)3-8-10;1-3-2;1-2/h4-5,7H,1-3,10H2;3H,1-2H3;1-2H3. The fraction of sp³-hybridized carbons (Fsp3) is 1.00. The average Bonchev–Trinajstić information content (AvgIpc) is 2.22. The Labute approximate surface area is 110 Å². The van der Waals surface area contributed by atoms with E-state index in [1.807, 2.05) is 27.9 Å². The zero-order valence-corrected chi connectivity index (χ0v) is 13.4. The van der Waals surface area contributed by atoms with Gasteiger partial charge in [0.05, 0.1) is 12.7 Å². The first-order valence-corrected chi connectivity index (χ1v) is 6.86. The molecule has 0 aromatic carbocycles. The fourth-order valence-electron chi connectivity index (χ4n) is 0.868. The minimum Gasteiger partial charge on any atom is -0.363 e. The summed E-state index contributed by atoms with van der Waals surface area (Å²) in [7, 11) is 5.98. The van der Waals surface area contributed by atoms with E-state index in [1.54, 1.807) is 0 Å². The zero-order valence-electron chi connectivity index (χ0n) is 10.0. The third-order valence-corrected chi connectivity index (χ3v) is 2.23. The van der Waals surface area contributed by atoms with Gasteiger partial charge in [0.25, 0.3) is 0 Å². The van der Waals surface area contributed by atoms with Gasteiger partial charge in [-0.05, 0) is 36.7 Å². The molecule has 2 N–H and O–H groups in total. The largest absolute Gasteiger partial charge is 0.363 e. The normalized spacial score (nSPS) is 24.4. The van der Waals surface area contributed by atoms with Crippen LogP contribution in [0.4, 0.5) is 0 Å². The monoisotopic (exact) mass is 350 g/mol. The third-order valence-electron chi connectivity index (χ3n) is 1.30. The van der Waals surface area contributed by atoms with Crippen LogP contribution in [-0.4, -0.2) is 44.0 Å². The Morgan fingerprint density at radius 3 is 2.40 bits per heavy atom. The molecular weight excluding hydrogens is 326 g/mol. The van der Waals surface area contributed by atoms with E-state index in [2.05, 4.69) is 42.7 Å². The lowest BCUT2D eigenvalue weighted by Crippen LogP contribution is -2.43. The minimum atomic E-state index is 0.216. The van der Waals surface area contributed by atoms with Crippen LogP contribution in [-0.2, 0) is 9.26 Å². The van der Waals surface area contributed by atoms with Gasteiger partial charge in [0.2, 0.25) is 0 Å². The highest BCUT2D eigenvalue weighted by Gasteiger charge is 2.18. The van der Waals surface area contributed by atoms with E-state index in [9.17, 15) is 0 Å². The molecule has 0 amide bonds. The van der Waals surface area contributed by atoms with Crippen LogP contribution in [0.5, 0.6) is 0 Å². The summed E-state index contributed by atoms with van der Waals surface area (Å²) >= 11 is 2.26. The Bertz CT molecular complexity index is 120. The zero-order chi connectivity index (χ0) is 12.1. The maximum Gasteiger partial charge on any atom is 0.121 e. The molecule has 0 aliphatic carbocycles. The van der Waals surface area contributed by atoms with Crippen molar-refractivity contribution in [2.24, 2.45) is 0 Å². The first kappa shape index (κ1) is 18.4. The van der Waals surface area contributed by atoms with Crippen LogP contribution < -0.4 is 10.6 Å². The van der Waals surface area contributed by atoms with Crippen LogP contribution in [0.2, 0.25) is 0 Å². The molecule has 0 aromatic heterocycles. The van der Waals surface area contributed by atoms with E-state index in [1.165, 1.54) is 0 Å². The topological polar surface area (TPSA) is 42.5 Å². The Morgan fingerprint density at radius 1 is 1.47 bits per heavy atom. The molecule has 0 radical (unpaired) electrons. The van der Waals surface area contributed by atoms with Crippen LogP contribution in [0.3, 0.4) is 0 Å². The lowest BCUT2D eigenvalue weighted by molar-refractivity contribution is -0.00544. The molecular formula is C9H24IN2O2P. The van der Waals surface area contributed by atoms with E-state index >= 15 is 0 Å². The fourth-order valence-corrected chi connectivity index (χ4v) is 1.81. The van der Waals surface area contributed by atoms with Crippen molar-refractivity contribution in [3.8, 4) is 0 Å². The second-order valence-electron chi connectivity index (χ2n) is 2.66. The van der Waals surface area contributed by atoms with Gasteiger partial charge in [0, 0.05) is 22.6 Å². The average molecular weight is 350 g/mol. The van der Waals surface area contributed by atoms with E-state index in [-0.39, 0.29) is 10.2 Å². The van der Waals surface area contributed by atoms with Crippen molar-refractivity contribution >= 4 is 32.1 Å². The minimum absolute atomic E-state index is 0.216. The number of halogens is 1. The highest BCUT2D eigenvalue weighted by molar-refractivity contribution is 14.1. The SMILES string of the molecule is CC.CNC.POCC1CNCC(I)O1. The quantitative estimate of drug-likeness (QED) is 0.449. The predicted molar refractivity (Wildman–Crippen MR) is 77.5 cm³/mol. The number of hydrogen-bond acceptors (Lipinski definition) is 4. The van der Waals surface area contributed by atoms with Crippen molar-refractivity contribution in [2.45, 2.75) is 24.1 Å². The van der Waals surface area contributed by atoms with Crippen molar-refractivity contribution in [3.63, 3.8) is 0 Å². The molecule has 1 aliphatic rings. The molecule has 3 unspecified atom stereocenters. The lowest BCUT2D eigenvalue weighted by atomic mass is 10.3. The van der Waals surface area contributed by atoms with Crippen molar-refractivity contribution in [1.29, 1.82) is 0 Å². The first-order valence-electron chi connectivity index (χ1n) is 5.15. The Kier molecular flexibility index (Phi) is 18.4. The van der Waals surface area contributed by atoms with Gasteiger partial charge in [-0.25, -0.2) is 0 Å². The summed E-state index contributed by atoms with van der Waals surface area (Å²) in [6.07, 6.45) is 0.216. The van der Waals surface area contributed by atoms with Crippen LogP contribution in [0, 0.1) is 0 Å². The molecule has 0 spiro atoms. The molecule has 15 heavy (non-hydrogen) atoms. The Balaban J connectivity index is 0. The second kappa shape index (κ2) is 15.0. The number of morpholine rings is 1. The van der Waals surface area contributed by atoms with Crippen molar-refractivity contribution in [2.75, 3.05) is 33.8 Å². The summed E-state index contributed by atoms with van der Waals surface area (Å²) in [5.41, 5.74) is 0. The molecule has 94 valence electrons. The summed E-state index contributed by atoms with van der Waals surface area (Å²) in [6, 6.07) is 0. The van der Waals surface area contributed by atoms with Crippen LogP contribution in [0.25, 0.3) is 0 Å². The molecule has 4 nitrogen and oxygen atoms in total. The van der Waals surface area contributed by atoms with E-state index in [0.29, 0.717) is 6.61 Å². The van der Waals surface area contributed by atoms with Gasteiger partial charge in [-0.3, -0.25) is 0 Å². The van der Waals surface area contributed by atoms with Gasteiger partial charge in [-0.15, -0.1) is 0 Å². The van der Waals surface area contributed by atoms with Crippen molar-refractivity contribution < 1.29 is 9.26 Å². The van der Waals surface area contributed by atoms with Crippen LogP contribution in [0.15, 0.2) is 0 Å². The molecule has 1 aliphatic heterocycles. The van der Waals surface area contributed by atoms with Crippen molar-refractivity contribution in [1.82, 2.24) is 10.6 Å². The molecule has 1 fully saturated rings. The number of alkyl halides is 1. The summed E-state index contributed by atoms with van der Waals surface area (Å²) in [5.74, 6) is 0. The van der Waals surface area contributed by atoms with E-state index in [4.69, 9.17) is 9.26 Å². The Hall–Kier alpha value is 1.00. The second-order valence-corrected chi connectivity index (χ2v) is 4.38. The predicted octanol–water partition coefficient (Wildman–Crippen LogP) is 1.40. The van der Waals surface area contributed by atoms with Crippen LogP contribution in [0.1, 0.15) is 13.8 Å². The molecule has 6 heteroatoms. The molecule has 0 saturated carbocycles. The Morgan fingerprint density at radius 2 is 2.00 bits per heavy atom. The molecule has 1 heterocycles. The highest BCUT2D eigenvalue weighted by atomic mass is 127. The van der Waals surface area contributed by atoms with Gasteiger partial charge >= 0.3 is 0 Å². The van der Waals surface area contributed by atoms with Gasteiger partial charge in [-0.2, -0.15) is 0 Å². The first-order chi connectivity index (χ1) is 7.24. The number of ether oxygens (including phenoxy) is 1. The maximum absolute atomic E-state index is 5.51. The summed E-state index contributed by atoms with van der Waals surface area (Å²) in [4.78, 5) is 0. The molecule has 1 rings (SSSR count). The van der Waals surface area contributed by atoms with Crippen molar-refractivity contribution in [3.05, 3.63) is 0 Å².